The fourth-order valence-electron chi connectivity index (χ4n) is 14.2. The van der Waals surface area contributed by atoms with Gasteiger partial charge in [0, 0.05) is 46.2 Å². The van der Waals surface area contributed by atoms with Gasteiger partial charge in [-0.2, -0.15) is 23.7 Å². The zero-order valence-electron chi connectivity index (χ0n) is 73.9. The number of nitrogens with one attached hydrogen (secondary N) is 1. The first kappa shape index (κ1) is 100. The summed E-state index contributed by atoms with van der Waals surface area (Å²) < 4.78 is 19.3. The summed E-state index contributed by atoms with van der Waals surface area (Å²) >= 11 is 3.30. The van der Waals surface area contributed by atoms with Crippen LogP contribution in [0.3, 0.4) is 0 Å². The number of rotatable bonds is 16. The third-order valence-electron chi connectivity index (χ3n) is 19.0. The molecule has 0 spiro atoms. The summed E-state index contributed by atoms with van der Waals surface area (Å²) in [6.45, 7) is 92.0. The summed E-state index contributed by atoms with van der Waals surface area (Å²) in [4.78, 5) is 7.66. The quantitative estimate of drug-likeness (QED) is 0.102. The molecule has 6 aromatic rings. The zero-order valence-corrected chi connectivity index (χ0v) is 75.5. The molecule has 0 aromatic carbocycles. The maximum absolute atomic E-state index is 5.27. The molecular formula is C88H166N8O2S2. The second kappa shape index (κ2) is 52.1. The summed E-state index contributed by atoms with van der Waals surface area (Å²) in [7, 11) is 1.87. The predicted octanol–water partition coefficient (Wildman–Crippen LogP) is 30.1. The molecule has 6 aromatic heterocycles. The second-order valence-corrected chi connectivity index (χ2v) is 34.5. The van der Waals surface area contributed by atoms with Crippen LogP contribution in [0.15, 0.2) is 21.4 Å². The average Bonchev–Trinajstić information content (AvgIpc) is 1.66. The molecule has 0 aliphatic heterocycles. The highest BCUT2D eigenvalue weighted by molar-refractivity contribution is 7.06. The average molecular weight is 1430 g/mol. The summed E-state index contributed by atoms with van der Waals surface area (Å²) in [5, 5.41) is 16.7. The van der Waals surface area contributed by atoms with E-state index in [4.69, 9.17) is 9.05 Å². The molecule has 12 heteroatoms. The van der Waals surface area contributed by atoms with Crippen LogP contribution in [0.5, 0.6) is 0 Å². The molecule has 2 saturated carbocycles. The largest absolute Gasteiger partial charge is 0.367 e. The van der Waals surface area contributed by atoms with Crippen molar-refractivity contribution >= 4 is 23.1 Å². The van der Waals surface area contributed by atoms with E-state index in [9.17, 15) is 0 Å². The molecule has 0 radical (unpaired) electrons. The Morgan fingerprint density at radius 2 is 0.720 bits per heavy atom. The predicted molar refractivity (Wildman–Crippen MR) is 447 cm³/mol. The van der Waals surface area contributed by atoms with E-state index in [1.165, 1.54) is 99.5 Å². The monoisotopic (exact) mass is 1430 g/mol. The van der Waals surface area contributed by atoms with Crippen LogP contribution in [0.1, 0.15) is 468 Å². The van der Waals surface area contributed by atoms with E-state index in [0.717, 1.165) is 81.6 Å². The smallest absolute Gasteiger partial charge is 0.142 e. The van der Waals surface area contributed by atoms with Crippen LogP contribution in [0.2, 0.25) is 0 Å². The molecule has 0 saturated heterocycles. The lowest BCUT2D eigenvalue weighted by atomic mass is 9.69. The van der Waals surface area contributed by atoms with Gasteiger partial charge in [-0.15, -0.1) is 0 Å². The molecule has 6 heterocycles. The van der Waals surface area contributed by atoms with Gasteiger partial charge in [-0.25, -0.2) is 0 Å². The number of hydrogen-bond donors (Lipinski definition) is 1. The minimum Gasteiger partial charge on any atom is -0.367 e. The van der Waals surface area contributed by atoms with Crippen LogP contribution in [-0.2, 0) is 7.05 Å². The molecule has 4 atom stereocenters. The Morgan fingerprint density at radius 1 is 0.360 bits per heavy atom. The molecule has 1 N–H and O–H groups in total. The second-order valence-electron chi connectivity index (χ2n) is 32.7. The third kappa shape index (κ3) is 33.9. The van der Waals surface area contributed by atoms with Crippen LogP contribution in [0, 0.1) is 75.0 Å². The maximum Gasteiger partial charge on any atom is 0.142 e. The van der Waals surface area contributed by atoms with E-state index in [0.29, 0.717) is 71.0 Å². The standard InChI is InChI=1S/C12H24.C11H22.2C10H17NO.2C10H17NS.C10H17N.C9H17N3.3C2H6/c1-9(2)11-7-5-6-8-12(11)10(3)4;1-8(2)10-6-5-7-11(10)9(3)4;1-6(2)9-8(5)12-11-10(9)7(3)4;1-6(2)9-8(5)11-12-10(9)7(3)4;1-6(2)9-8(5)12-11-10(9)7(3)4;1-6(2)9-8(5)11-12-10(9)7(3)4;1-7(2)9-5-11-6-10(9)8(3)4;1-6(2)8-9(7(3)4)11-12(5)10-8;3*1-2/h9-12H,5-8H2,1-4H3;8-11H,5-7H2,1-4H3;4*6-7H,1-5H3;5-8,11H,1-4H3;6-7H,1-5H3;3*1-2H3. The summed E-state index contributed by atoms with van der Waals surface area (Å²) in [5.74, 6) is 16.2. The van der Waals surface area contributed by atoms with Gasteiger partial charge in [0.2, 0.25) is 0 Å². The molecule has 0 amide bonds. The minimum absolute atomic E-state index is 0.434. The Hall–Kier alpha value is -3.90. The first-order chi connectivity index (χ1) is 46.5. The molecule has 4 unspecified atom stereocenters. The summed E-state index contributed by atoms with van der Waals surface area (Å²) in [5.41, 5.74) is 15.3. The number of hydrogen-bond acceptors (Lipinski definition) is 10. The van der Waals surface area contributed by atoms with Crippen molar-refractivity contribution in [2.75, 3.05) is 0 Å². The normalized spacial score (nSPS) is 15.7. The lowest BCUT2D eigenvalue weighted by molar-refractivity contribution is 0.136. The van der Waals surface area contributed by atoms with Gasteiger partial charge < -0.3 is 14.0 Å². The highest BCUT2D eigenvalue weighted by Crippen LogP contribution is 2.42. The van der Waals surface area contributed by atoms with Gasteiger partial charge in [0.1, 0.15) is 11.5 Å². The zero-order chi connectivity index (χ0) is 78.5. The van der Waals surface area contributed by atoms with E-state index in [1.807, 2.05) is 62.4 Å². The van der Waals surface area contributed by atoms with Crippen molar-refractivity contribution < 1.29 is 9.05 Å². The Morgan fingerprint density at radius 3 is 0.990 bits per heavy atom. The van der Waals surface area contributed by atoms with Gasteiger partial charge in [-0.1, -0.05) is 293 Å². The van der Waals surface area contributed by atoms with Crippen LogP contribution >= 0.6 is 23.1 Å². The molecule has 582 valence electrons. The molecule has 0 bridgehead atoms. The van der Waals surface area contributed by atoms with Gasteiger partial charge in [0.15, 0.2) is 0 Å². The van der Waals surface area contributed by atoms with Crippen LogP contribution in [0.4, 0.5) is 0 Å². The Bertz CT molecular complexity index is 2620. The Balaban J connectivity index is -0.00000106. The molecule has 2 fully saturated rings. The van der Waals surface area contributed by atoms with Crippen molar-refractivity contribution in [3.05, 3.63) is 101 Å². The summed E-state index contributed by atoms with van der Waals surface area (Å²) in [6.07, 6.45) is 14.6. The van der Waals surface area contributed by atoms with Crippen LogP contribution in [-0.4, -0.2) is 39.0 Å². The lowest BCUT2D eigenvalue weighted by Crippen LogP contribution is -2.27. The van der Waals surface area contributed by atoms with Crippen molar-refractivity contribution in [3.63, 3.8) is 0 Å². The highest BCUT2D eigenvalue weighted by atomic mass is 32.1. The topological polar surface area (TPSA) is 124 Å². The number of aromatic amines is 1. The van der Waals surface area contributed by atoms with Gasteiger partial charge >= 0.3 is 0 Å². The van der Waals surface area contributed by atoms with Gasteiger partial charge in [0.05, 0.1) is 34.2 Å². The summed E-state index contributed by atoms with van der Waals surface area (Å²) in [6, 6.07) is 0. The molecule has 8 rings (SSSR count). The van der Waals surface area contributed by atoms with E-state index in [2.05, 4.69) is 282 Å². The van der Waals surface area contributed by atoms with Crippen LogP contribution < -0.4 is 0 Å². The lowest BCUT2D eigenvalue weighted by Gasteiger charge is -2.37. The van der Waals surface area contributed by atoms with Crippen LogP contribution in [0.25, 0.3) is 0 Å². The Labute approximate surface area is 629 Å². The minimum atomic E-state index is 0.434. The van der Waals surface area contributed by atoms with Crippen molar-refractivity contribution in [2.45, 2.75) is 407 Å². The number of nitrogens with zero attached hydrogens (tertiary/aromatic N) is 7. The Kier molecular flexibility index (Phi) is 52.3. The van der Waals surface area contributed by atoms with Crippen molar-refractivity contribution in [1.82, 2.24) is 39.0 Å². The fourth-order valence-corrected chi connectivity index (χ4v) is 16.2. The van der Waals surface area contributed by atoms with Gasteiger partial charge in [-0.3, -0.25) is 0 Å². The molecule has 10 nitrogen and oxygen atoms in total. The van der Waals surface area contributed by atoms with Crippen molar-refractivity contribution in [3.8, 4) is 0 Å². The molecule has 2 aliphatic rings. The maximum atomic E-state index is 5.27. The van der Waals surface area contributed by atoms with Crippen molar-refractivity contribution in [2.24, 2.45) is 54.4 Å². The SMILES string of the molecule is CC.CC.CC.CC(C)C1CCCC1C(C)C.CC(C)C1CCCCC1C(C)C.CC(C)c1c[nH]cc1C(C)C.CC(C)c1nn(C)nc1C(C)C.Cc1noc(C(C)C)c1C(C)C.Cc1nsc(C(C)C)c1C(C)C.Cc1onc(C(C)C)c1C(C)C.Cc1snc(C(C)C)c1C(C)C. The molecule has 100 heavy (non-hydrogen) atoms. The van der Waals surface area contributed by atoms with E-state index in [1.54, 1.807) is 27.9 Å². The highest BCUT2D eigenvalue weighted by Gasteiger charge is 2.32. The number of aryl methyl sites for hydroxylation is 5. The number of H-pyrrole nitrogens is 1. The van der Waals surface area contributed by atoms with Crippen molar-refractivity contribution in [1.29, 1.82) is 0 Å². The number of aromatic nitrogens is 8. The van der Waals surface area contributed by atoms with E-state index >= 15 is 0 Å². The van der Waals surface area contributed by atoms with Gasteiger partial charge in [-0.05, 0) is 211 Å². The van der Waals surface area contributed by atoms with E-state index in [-0.39, 0.29) is 0 Å². The molecular weight excluding hydrogens is 1270 g/mol. The third-order valence-corrected chi connectivity index (χ3v) is 21.1. The first-order valence-electron chi connectivity index (χ1n) is 40.5. The first-order valence-corrected chi connectivity index (χ1v) is 42.0. The molecule has 2 aliphatic carbocycles. The van der Waals surface area contributed by atoms with Gasteiger partial charge in [0.25, 0.3) is 0 Å². The van der Waals surface area contributed by atoms with E-state index < -0.39 is 0 Å². The fraction of sp³-hybridized carbons (Fsp3) is 0.795.